The third kappa shape index (κ3) is 9.34. The molecular weight excluding hydrogens is 410 g/mol. The first-order valence-corrected chi connectivity index (χ1v) is 10.1. The molecule has 32 heavy (non-hydrogen) atoms. The van der Waals surface area contributed by atoms with Crippen molar-refractivity contribution < 1.29 is 23.9 Å². The van der Waals surface area contributed by atoms with Crippen LogP contribution >= 0.6 is 0 Å². The van der Waals surface area contributed by atoms with Crippen LogP contribution < -0.4 is 20.7 Å². The second kappa shape index (κ2) is 11.5. The number of rotatable bonds is 8. The average Bonchev–Trinajstić information content (AvgIpc) is 2.71. The lowest BCUT2D eigenvalue weighted by molar-refractivity contribution is -0.116. The van der Waals surface area contributed by atoms with Crippen LogP contribution in [0.1, 0.15) is 32.8 Å². The lowest BCUT2D eigenvalue weighted by Crippen LogP contribution is -2.34. The number of hydrogen-bond acceptors (Lipinski definition) is 5. The van der Waals surface area contributed by atoms with Crippen LogP contribution in [0.2, 0.25) is 0 Å². The Hall–Kier alpha value is -3.81. The molecule has 0 atom stereocenters. The second-order valence-corrected chi connectivity index (χ2v) is 7.90. The normalized spacial score (nSPS) is 11.0. The van der Waals surface area contributed by atoms with Gasteiger partial charge in [0.1, 0.15) is 11.4 Å². The number of alkyl carbamates (subject to hydrolysis) is 1. The number of carbonyl (C=O) groups excluding carboxylic acids is 3. The minimum Gasteiger partial charge on any atom is -0.497 e. The highest BCUT2D eigenvalue weighted by Gasteiger charge is 2.15. The van der Waals surface area contributed by atoms with Crippen LogP contribution in [-0.4, -0.2) is 37.2 Å². The van der Waals surface area contributed by atoms with Gasteiger partial charge >= 0.3 is 6.09 Å². The van der Waals surface area contributed by atoms with Gasteiger partial charge < -0.3 is 25.4 Å². The van der Waals surface area contributed by atoms with E-state index in [9.17, 15) is 14.4 Å². The second-order valence-electron chi connectivity index (χ2n) is 7.90. The number of amides is 3. The molecule has 3 N–H and O–H groups in total. The maximum absolute atomic E-state index is 12.2. The van der Waals surface area contributed by atoms with Gasteiger partial charge in [0.2, 0.25) is 11.8 Å². The predicted octanol–water partition coefficient (Wildman–Crippen LogP) is 4.20. The van der Waals surface area contributed by atoms with Crippen molar-refractivity contribution in [2.45, 2.75) is 32.8 Å². The molecule has 0 aliphatic heterocycles. The first kappa shape index (κ1) is 24.5. The largest absolute Gasteiger partial charge is 0.497 e. The minimum atomic E-state index is -0.596. The van der Waals surface area contributed by atoms with Crippen LogP contribution in [0, 0.1) is 0 Å². The van der Waals surface area contributed by atoms with E-state index in [-0.39, 0.29) is 24.8 Å². The fraction of sp³-hybridized carbons (Fsp3) is 0.292. The van der Waals surface area contributed by atoms with Gasteiger partial charge in [-0.3, -0.25) is 9.59 Å². The molecule has 170 valence electrons. The van der Waals surface area contributed by atoms with E-state index in [1.165, 1.54) is 6.08 Å². The third-order valence-electron chi connectivity index (χ3n) is 3.98. The summed E-state index contributed by atoms with van der Waals surface area (Å²) in [5.41, 5.74) is 1.34. The summed E-state index contributed by atoms with van der Waals surface area (Å²) >= 11 is 0. The van der Waals surface area contributed by atoms with Gasteiger partial charge in [-0.15, -0.1) is 0 Å². The minimum absolute atomic E-state index is 0.0838. The summed E-state index contributed by atoms with van der Waals surface area (Å²) in [4.78, 5) is 35.9. The van der Waals surface area contributed by atoms with Crippen LogP contribution in [0.15, 0.2) is 54.6 Å². The first-order chi connectivity index (χ1) is 15.1. The Kier molecular flexibility index (Phi) is 8.83. The monoisotopic (exact) mass is 439 g/mol. The molecule has 0 saturated heterocycles. The Bertz CT molecular complexity index is 962. The van der Waals surface area contributed by atoms with E-state index in [0.717, 1.165) is 11.3 Å². The zero-order chi connectivity index (χ0) is 23.6. The number of ether oxygens (including phenoxy) is 2. The Labute approximate surface area is 188 Å². The number of hydrogen-bond donors (Lipinski definition) is 3. The summed E-state index contributed by atoms with van der Waals surface area (Å²) in [5.74, 6) is 0.167. The molecule has 2 aromatic carbocycles. The van der Waals surface area contributed by atoms with Crippen molar-refractivity contribution in [2.24, 2.45) is 0 Å². The molecule has 0 fully saturated rings. The highest BCUT2D eigenvalue weighted by Crippen LogP contribution is 2.16. The molecule has 2 rings (SSSR count). The first-order valence-electron chi connectivity index (χ1n) is 10.1. The van der Waals surface area contributed by atoms with E-state index < -0.39 is 11.7 Å². The fourth-order valence-electron chi connectivity index (χ4n) is 2.56. The molecule has 0 bridgehead atoms. The average molecular weight is 440 g/mol. The van der Waals surface area contributed by atoms with Gasteiger partial charge in [0.25, 0.3) is 0 Å². The molecule has 0 aromatic heterocycles. The molecule has 8 nitrogen and oxygen atoms in total. The van der Waals surface area contributed by atoms with Gasteiger partial charge in [-0.2, -0.15) is 0 Å². The lowest BCUT2D eigenvalue weighted by atomic mass is 10.2. The van der Waals surface area contributed by atoms with Crippen LogP contribution in [0.25, 0.3) is 6.08 Å². The standard InChI is InChI=1S/C24H29N3O5/c1-24(2,3)32-23(30)25-15-14-22(29)27-19-7-5-6-18(16-19)26-21(28)13-10-17-8-11-20(31-4)12-9-17/h5-13,16H,14-15H2,1-4H3,(H,25,30)(H,26,28)(H,27,29)/b13-10+. The van der Waals surface area contributed by atoms with Gasteiger partial charge in [0.15, 0.2) is 0 Å². The fourth-order valence-corrected chi connectivity index (χ4v) is 2.56. The van der Waals surface area contributed by atoms with Crippen molar-refractivity contribution in [3.63, 3.8) is 0 Å². The van der Waals surface area contributed by atoms with E-state index in [1.807, 2.05) is 24.3 Å². The summed E-state index contributed by atoms with van der Waals surface area (Å²) in [6.07, 6.45) is 2.63. The third-order valence-corrected chi connectivity index (χ3v) is 3.98. The summed E-state index contributed by atoms with van der Waals surface area (Å²) in [6.45, 7) is 5.44. The van der Waals surface area contributed by atoms with Gasteiger partial charge in [-0.05, 0) is 62.7 Å². The molecule has 0 unspecified atom stereocenters. The molecule has 0 saturated carbocycles. The summed E-state index contributed by atoms with van der Waals surface area (Å²) in [5, 5.41) is 8.02. The number of methoxy groups -OCH3 is 1. The van der Waals surface area contributed by atoms with Crippen molar-refractivity contribution in [1.29, 1.82) is 0 Å². The number of benzene rings is 2. The highest BCUT2D eigenvalue weighted by atomic mass is 16.6. The number of anilines is 2. The smallest absolute Gasteiger partial charge is 0.407 e. The maximum Gasteiger partial charge on any atom is 0.407 e. The SMILES string of the molecule is COc1ccc(/C=C/C(=O)Nc2cccc(NC(=O)CCNC(=O)OC(C)(C)C)c2)cc1. The van der Waals surface area contributed by atoms with Crippen molar-refractivity contribution in [2.75, 3.05) is 24.3 Å². The highest BCUT2D eigenvalue weighted by molar-refractivity contribution is 6.02. The Morgan fingerprint density at radius 1 is 0.969 bits per heavy atom. The van der Waals surface area contributed by atoms with E-state index >= 15 is 0 Å². The topological polar surface area (TPSA) is 106 Å². The summed E-state index contributed by atoms with van der Waals surface area (Å²) in [7, 11) is 1.59. The summed E-state index contributed by atoms with van der Waals surface area (Å²) in [6, 6.07) is 14.1. The summed E-state index contributed by atoms with van der Waals surface area (Å²) < 4.78 is 10.2. The van der Waals surface area contributed by atoms with E-state index in [0.29, 0.717) is 11.4 Å². The number of carbonyl (C=O) groups is 3. The Balaban J connectivity index is 1.81. The van der Waals surface area contributed by atoms with Crippen molar-refractivity contribution in [3.05, 3.63) is 60.2 Å². The van der Waals surface area contributed by atoms with E-state index in [1.54, 1.807) is 58.2 Å². The van der Waals surface area contributed by atoms with Gasteiger partial charge in [-0.1, -0.05) is 18.2 Å². The van der Waals surface area contributed by atoms with E-state index in [4.69, 9.17) is 9.47 Å². The quantitative estimate of drug-likeness (QED) is 0.535. The Morgan fingerprint density at radius 2 is 1.62 bits per heavy atom. The zero-order valence-corrected chi connectivity index (χ0v) is 18.7. The molecule has 0 aliphatic rings. The zero-order valence-electron chi connectivity index (χ0n) is 18.7. The van der Waals surface area contributed by atoms with Crippen LogP contribution in [0.4, 0.5) is 16.2 Å². The molecule has 0 spiro atoms. The maximum atomic E-state index is 12.2. The van der Waals surface area contributed by atoms with Crippen molar-refractivity contribution in [1.82, 2.24) is 5.32 Å². The van der Waals surface area contributed by atoms with Crippen LogP contribution in [-0.2, 0) is 14.3 Å². The molecule has 0 heterocycles. The molecule has 8 heteroatoms. The van der Waals surface area contributed by atoms with Gasteiger partial charge in [0.05, 0.1) is 7.11 Å². The van der Waals surface area contributed by atoms with Gasteiger partial charge in [0, 0.05) is 30.4 Å². The molecule has 3 amide bonds. The lowest BCUT2D eigenvalue weighted by Gasteiger charge is -2.19. The van der Waals surface area contributed by atoms with Crippen molar-refractivity contribution >= 4 is 35.4 Å². The molecule has 0 aliphatic carbocycles. The van der Waals surface area contributed by atoms with E-state index in [2.05, 4.69) is 16.0 Å². The Morgan fingerprint density at radius 3 is 2.25 bits per heavy atom. The van der Waals surface area contributed by atoms with Crippen LogP contribution in [0.5, 0.6) is 5.75 Å². The van der Waals surface area contributed by atoms with Crippen molar-refractivity contribution in [3.8, 4) is 5.75 Å². The molecule has 2 aromatic rings. The van der Waals surface area contributed by atoms with Gasteiger partial charge in [-0.25, -0.2) is 4.79 Å². The molecule has 0 radical (unpaired) electrons. The number of nitrogens with one attached hydrogen (secondary N) is 3. The predicted molar refractivity (Wildman–Crippen MR) is 125 cm³/mol. The molecular formula is C24H29N3O5. The van der Waals surface area contributed by atoms with Crippen LogP contribution in [0.3, 0.4) is 0 Å².